The second kappa shape index (κ2) is 4.32. The monoisotopic (exact) mass is 181 g/mol. The molecule has 1 aromatic rings. The molecule has 70 valence electrons. The van der Waals surface area contributed by atoms with E-state index >= 15 is 0 Å². The van der Waals surface area contributed by atoms with Crippen LogP contribution in [0, 0.1) is 0 Å². The number of anilines is 1. The van der Waals surface area contributed by atoms with E-state index in [1.54, 1.807) is 18.2 Å². The molecule has 0 aliphatic carbocycles. The first-order chi connectivity index (χ1) is 6.22. The molecule has 0 aliphatic heterocycles. The lowest BCUT2D eigenvalue weighted by Crippen LogP contribution is -2.35. The fraction of sp³-hybridized carbons (Fsp3) is 0.125. The minimum absolute atomic E-state index is 0.0833. The fourth-order valence-corrected chi connectivity index (χ4v) is 0.849. The number of amides is 1. The Morgan fingerprint density at radius 3 is 2.92 bits per heavy atom. The number of phenolic OH excluding ortho intramolecular Hbond substituents is 1. The van der Waals surface area contributed by atoms with Crippen molar-refractivity contribution in [3.8, 4) is 5.75 Å². The molecule has 0 aliphatic rings. The number of carbonyl (C=O) groups is 1. The van der Waals surface area contributed by atoms with Gasteiger partial charge < -0.3 is 10.4 Å². The Morgan fingerprint density at radius 2 is 2.31 bits per heavy atom. The van der Waals surface area contributed by atoms with Gasteiger partial charge in [-0.25, -0.2) is 5.84 Å². The zero-order valence-electron chi connectivity index (χ0n) is 6.95. The molecule has 0 spiro atoms. The number of rotatable bonds is 3. The van der Waals surface area contributed by atoms with Crippen LogP contribution >= 0.6 is 0 Å². The van der Waals surface area contributed by atoms with Crippen LogP contribution in [0.1, 0.15) is 0 Å². The van der Waals surface area contributed by atoms with Gasteiger partial charge in [0.05, 0.1) is 6.54 Å². The summed E-state index contributed by atoms with van der Waals surface area (Å²) in [6.07, 6.45) is 0. The first-order valence-corrected chi connectivity index (χ1v) is 3.74. The summed E-state index contributed by atoms with van der Waals surface area (Å²) in [5, 5.41) is 11.9. The highest BCUT2D eigenvalue weighted by atomic mass is 16.3. The Labute approximate surface area is 75.5 Å². The SMILES string of the molecule is NNC(=O)CNc1cccc(O)c1. The third-order valence-electron chi connectivity index (χ3n) is 1.46. The van der Waals surface area contributed by atoms with Gasteiger partial charge >= 0.3 is 0 Å². The van der Waals surface area contributed by atoms with Crippen LogP contribution in [0.5, 0.6) is 5.75 Å². The fourth-order valence-electron chi connectivity index (χ4n) is 0.849. The molecular weight excluding hydrogens is 170 g/mol. The molecule has 5 heteroatoms. The van der Waals surface area contributed by atoms with Gasteiger partial charge in [0, 0.05) is 11.8 Å². The van der Waals surface area contributed by atoms with E-state index in [0.717, 1.165) is 0 Å². The maximum atomic E-state index is 10.7. The van der Waals surface area contributed by atoms with E-state index in [4.69, 9.17) is 10.9 Å². The van der Waals surface area contributed by atoms with Gasteiger partial charge in [-0.3, -0.25) is 10.2 Å². The van der Waals surface area contributed by atoms with Gasteiger partial charge in [0.15, 0.2) is 0 Å². The Morgan fingerprint density at radius 1 is 1.54 bits per heavy atom. The lowest BCUT2D eigenvalue weighted by atomic mass is 10.3. The van der Waals surface area contributed by atoms with Crippen LogP contribution in [-0.2, 0) is 4.79 Å². The number of hydrazine groups is 1. The molecule has 0 unspecified atom stereocenters. The largest absolute Gasteiger partial charge is 0.508 e. The number of nitrogens with two attached hydrogens (primary N) is 1. The molecule has 0 saturated carbocycles. The normalized spacial score (nSPS) is 9.31. The van der Waals surface area contributed by atoms with Crippen molar-refractivity contribution in [2.75, 3.05) is 11.9 Å². The molecule has 0 bridgehead atoms. The first-order valence-electron chi connectivity index (χ1n) is 3.74. The summed E-state index contributed by atoms with van der Waals surface area (Å²) < 4.78 is 0. The molecular formula is C8H11N3O2. The summed E-state index contributed by atoms with van der Waals surface area (Å²) in [5.41, 5.74) is 2.66. The molecule has 1 aromatic carbocycles. The van der Waals surface area contributed by atoms with E-state index in [0.29, 0.717) is 5.69 Å². The number of hydrogen-bond acceptors (Lipinski definition) is 4. The number of benzene rings is 1. The Hall–Kier alpha value is -1.75. The van der Waals surface area contributed by atoms with Crippen molar-refractivity contribution in [3.63, 3.8) is 0 Å². The molecule has 5 nitrogen and oxygen atoms in total. The molecule has 0 saturated heterocycles. The van der Waals surface area contributed by atoms with Gasteiger partial charge in [-0.05, 0) is 12.1 Å². The van der Waals surface area contributed by atoms with Gasteiger partial charge in [0.1, 0.15) is 5.75 Å². The number of carbonyl (C=O) groups excluding carboxylic acids is 1. The van der Waals surface area contributed by atoms with E-state index in [1.807, 2.05) is 5.43 Å². The number of aromatic hydroxyl groups is 1. The van der Waals surface area contributed by atoms with Crippen molar-refractivity contribution < 1.29 is 9.90 Å². The van der Waals surface area contributed by atoms with Crippen LogP contribution in [0.2, 0.25) is 0 Å². The average Bonchev–Trinajstić information content (AvgIpc) is 2.14. The second-order valence-corrected chi connectivity index (χ2v) is 2.47. The number of nitrogens with one attached hydrogen (secondary N) is 2. The molecule has 1 amide bonds. The topological polar surface area (TPSA) is 87.4 Å². The highest BCUT2D eigenvalue weighted by Crippen LogP contribution is 2.14. The zero-order chi connectivity index (χ0) is 9.68. The first kappa shape index (κ1) is 9.34. The van der Waals surface area contributed by atoms with Crippen molar-refractivity contribution in [1.29, 1.82) is 0 Å². The van der Waals surface area contributed by atoms with Crippen LogP contribution in [0.3, 0.4) is 0 Å². The predicted octanol–water partition coefficient (Wildman–Crippen LogP) is -0.206. The van der Waals surface area contributed by atoms with Crippen LogP contribution < -0.4 is 16.6 Å². The van der Waals surface area contributed by atoms with Crippen LogP contribution in [0.4, 0.5) is 5.69 Å². The van der Waals surface area contributed by atoms with Crippen molar-refractivity contribution >= 4 is 11.6 Å². The van der Waals surface area contributed by atoms with Crippen molar-refractivity contribution in [1.82, 2.24) is 5.43 Å². The maximum Gasteiger partial charge on any atom is 0.253 e. The molecule has 0 aromatic heterocycles. The van der Waals surface area contributed by atoms with Gasteiger partial charge in [0.2, 0.25) is 0 Å². The summed E-state index contributed by atoms with van der Waals surface area (Å²) in [6.45, 7) is 0.0833. The smallest absolute Gasteiger partial charge is 0.253 e. The summed E-state index contributed by atoms with van der Waals surface area (Å²) >= 11 is 0. The molecule has 0 fully saturated rings. The lowest BCUT2D eigenvalue weighted by Gasteiger charge is -2.04. The molecule has 5 N–H and O–H groups in total. The molecule has 0 radical (unpaired) electrons. The van der Waals surface area contributed by atoms with Gasteiger partial charge in [-0.15, -0.1) is 0 Å². The highest BCUT2D eigenvalue weighted by Gasteiger charge is 1.97. The molecule has 1 rings (SSSR count). The summed E-state index contributed by atoms with van der Waals surface area (Å²) in [7, 11) is 0. The zero-order valence-corrected chi connectivity index (χ0v) is 6.95. The molecule has 0 heterocycles. The summed E-state index contributed by atoms with van der Waals surface area (Å²) in [5.74, 6) is 4.71. The van der Waals surface area contributed by atoms with E-state index in [9.17, 15) is 4.79 Å². The Balaban J connectivity index is 2.50. The maximum absolute atomic E-state index is 10.7. The Kier molecular flexibility index (Phi) is 3.10. The van der Waals surface area contributed by atoms with Crippen LogP contribution in [0.25, 0.3) is 0 Å². The minimum atomic E-state index is -0.316. The standard InChI is InChI=1S/C8H11N3O2/c9-11-8(13)5-10-6-2-1-3-7(12)4-6/h1-4,10,12H,5,9H2,(H,11,13). The summed E-state index contributed by atoms with van der Waals surface area (Å²) in [6, 6.07) is 6.49. The number of hydrogen-bond donors (Lipinski definition) is 4. The van der Waals surface area contributed by atoms with E-state index in [2.05, 4.69) is 5.32 Å². The highest BCUT2D eigenvalue weighted by molar-refractivity contribution is 5.80. The number of phenols is 1. The predicted molar refractivity (Wildman–Crippen MR) is 48.9 cm³/mol. The minimum Gasteiger partial charge on any atom is -0.508 e. The molecule has 13 heavy (non-hydrogen) atoms. The third-order valence-corrected chi connectivity index (χ3v) is 1.46. The summed E-state index contributed by atoms with van der Waals surface area (Å²) in [4.78, 5) is 10.7. The average molecular weight is 181 g/mol. The van der Waals surface area contributed by atoms with Gasteiger partial charge in [-0.1, -0.05) is 6.07 Å². The second-order valence-electron chi connectivity index (χ2n) is 2.47. The van der Waals surface area contributed by atoms with E-state index < -0.39 is 0 Å². The molecule has 0 atom stereocenters. The lowest BCUT2D eigenvalue weighted by molar-refractivity contribution is -0.119. The van der Waals surface area contributed by atoms with Crippen LogP contribution in [-0.4, -0.2) is 17.6 Å². The van der Waals surface area contributed by atoms with Crippen LogP contribution in [0.15, 0.2) is 24.3 Å². The van der Waals surface area contributed by atoms with Crippen molar-refractivity contribution in [3.05, 3.63) is 24.3 Å². The van der Waals surface area contributed by atoms with E-state index in [1.165, 1.54) is 6.07 Å². The van der Waals surface area contributed by atoms with Crippen molar-refractivity contribution in [2.45, 2.75) is 0 Å². The van der Waals surface area contributed by atoms with Crippen molar-refractivity contribution in [2.24, 2.45) is 5.84 Å². The van der Waals surface area contributed by atoms with E-state index in [-0.39, 0.29) is 18.2 Å². The Bertz CT molecular complexity index is 301. The van der Waals surface area contributed by atoms with Gasteiger partial charge in [0.25, 0.3) is 5.91 Å². The van der Waals surface area contributed by atoms with Gasteiger partial charge in [-0.2, -0.15) is 0 Å². The quantitative estimate of drug-likeness (QED) is 0.295. The third kappa shape index (κ3) is 3.00.